The van der Waals surface area contributed by atoms with Crippen LogP contribution in [0, 0.1) is 18.7 Å². The predicted molar refractivity (Wildman–Crippen MR) is 131 cm³/mol. The van der Waals surface area contributed by atoms with Crippen LogP contribution in [0.25, 0.3) is 0 Å². The van der Waals surface area contributed by atoms with Gasteiger partial charge in [-0.25, -0.2) is 4.39 Å². The highest BCUT2D eigenvalue weighted by molar-refractivity contribution is 5.98. The summed E-state index contributed by atoms with van der Waals surface area (Å²) in [4.78, 5) is 17.4. The molecule has 6 heteroatoms. The lowest BCUT2D eigenvalue weighted by Crippen LogP contribution is -2.19. The number of hydrogen-bond acceptors (Lipinski definition) is 5. The molecular weight excluding hydrogens is 433 g/mol. The third kappa shape index (κ3) is 7.60. The number of pyridine rings is 1. The van der Waals surface area contributed by atoms with Crippen molar-refractivity contribution < 1.29 is 23.4 Å². The van der Waals surface area contributed by atoms with Gasteiger partial charge < -0.3 is 14.2 Å². The van der Waals surface area contributed by atoms with E-state index in [4.69, 9.17) is 14.2 Å². The average molecular weight is 472 g/mol. The monoisotopic (exact) mass is 471 g/mol. The van der Waals surface area contributed by atoms with Gasteiger partial charge in [0, 0.05) is 42.9 Å². The molecule has 3 unspecified atom stereocenters. The Morgan fingerprint density at radius 2 is 1.97 bits per heavy atom. The van der Waals surface area contributed by atoms with Crippen LogP contribution >= 0.6 is 0 Å². The van der Waals surface area contributed by atoms with Crippen LogP contribution in [-0.4, -0.2) is 36.2 Å². The Kier molecular flexibility index (Phi) is 10.0. The minimum absolute atomic E-state index is 0.0122. The summed E-state index contributed by atoms with van der Waals surface area (Å²) in [5, 5.41) is 0. The van der Waals surface area contributed by atoms with Crippen molar-refractivity contribution in [3.05, 3.63) is 59.2 Å². The van der Waals surface area contributed by atoms with Crippen molar-refractivity contribution in [3.8, 4) is 5.75 Å². The largest absolute Gasteiger partial charge is 0.491 e. The van der Waals surface area contributed by atoms with Gasteiger partial charge in [-0.15, -0.1) is 0 Å². The van der Waals surface area contributed by atoms with Crippen molar-refractivity contribution in [2.24, 2.45) is 5.92 Å². The van der Waals surface area contributed by atoms with E-state index in [0.717, 1.165) is 54.5 Å². The van der Waals surface area contributed by atoms with Crippen LogP contribution in [0.2, 0.25) is 0 Å². The Morgan fingerprint density at radius 3 is 2.68 bits per heavy atom. The molecule has 34 heavy (non-hydrogen) atoms. The lowest BCUT2D eigenvalue weighted by molar-refractivity contribution is -0.0185. The molecule has 0 radical (unpaired) electrons. The Labute approximate surface area is 203 Å². The van der Waals surface area contributed by atoms with Gasteiger partial charge in [0.1, 0.15) is 11.6 Å². The number of Topliss-reactive ketones (excluding diaryl/α,β-unsaturated/α-hetero) is 1. The van der Waals surface area contributed by atoms with E-state index < -0.39 is 0 Å². The van der Waals surface area contributed by atoms with Crippen molar-refractivity contribution in [3.63, 3.8) is 0 Å². The fourth-order valence-electron chi connectivity index (χ4n) is 4.63. The zero-order chi connectivity index (χ0) is 24.5. The summed E-state index contributed by atoms with van der Waals surface area (Å²) in [6.07, 6.45) is 7.39. The molecule has 5 nitrogen and oxygen atoms in total. The SMILES string of the molecule is CCOC1CCCC(C(=O)c2ccc(OC(C)C)c(C)c2)CCCOC(c2cncc(F)c2)C1. The maximum absolute atomic E-state index is 13.8. The van der Waals surface area contributed by atoms with E-state index in [1.807, 2.05) is 45.9 Å². The highest BCUT2D eigenvalue weighted by Gasteiger charge is 2.25. The number of carbonyl (C=O) groups excluding carboxylic acids is 1. The number of ether oxygens (including phenoxy) is 3. The predicted octanol–water partition coefficient (Wildman–Crippen LogP) is 6.63. The van der Waals surface area contributed by atoms with Gasteiger partial charge in [0.15, 0.2) is 5.78 Å². The van der Waals surface area contributed by atoms with E-state index in [1.54, 1.807) is 6.20 Å². The van der Waals surface area contributed by atoms with E-state index in [9.17, 15) is 9.18 Å². The number of aryl methyl sites for hydroxylation is 1. The fourth-order valence-corrected chi connectivity index (χ4v) is 4.63. The lowest BCUT2D eigenvalue weighted by Gasteiger charge is -2.24. The molecule has 2 aromatic rings. The first kappa shape index (κ1) is 26.3. The Morgan fingerprint density at radius 1 is 1.18 bits per heavy atom. The minimum Gasteiger partial charge on any atom is -0.491 e. The molecule has 1 aliphatic rings. The van der Waals surface area contributed by atoms with Gasteiger partial charge >= 0.3 is 0 Å². The molecule has 1 aromatic carbocycles. The number of hydrogen-bond donors (Lipinski definition) is 0. The number of aromatic nitrogens is 1. The second-order valence-corrected chi connectivity index (χ2v) is 9.39. The highest BCUT2D eigenvalue weighted by Crippen LogP contribution is 2.30. The molecule has 1 aromatic heterocycles. The van der Waals surface area contributed by atoms with Crippen molar-refractivity contribution in [1.29, 1.82) is 0 Å². The van der Waals surface area contributed by atoms with Crippen LogP contribution in [-0.2, 0) is 9.47 Å². The maximum atomic E-state index is 13.8. The maximum Gasteiger partial charge on any atom is 0.165 e. The van der Waals surface area contributed by atoms with Crippen molar-refractivity contribution in [2.75, 3.05) is 13.2 Å². The van der Waals surface area contributed by atoms with Crippen molar-refractivity contribution in [1.82, 2.24) is 4.98 Å². The summed E-state index contributed by atoms with van der Waals surface area (Å²) in [5.74, 6) is 0.570. The van der Waals surface area contributed by atoms with Gasteiger partial charge in [-0.05, 0) is 83.2 Å². The van der Waals surface area contributed by atoms with Crippen LogP contribution in [0.4, 0.5) is 4.39 Å². The third-order valence-corrected chi connectivity index (χ3v) is 6.26. The van der Waals surface area contributed by atoms with Crippen LogP contribution < -0.4 is 4.74 Å². The summed E-state index contributed by atoms with van der Waals surface area (Å²) in [6.45, 7) is 9.05. The molecule has 3 rings (SSSR count). The highest BCUT2D eigenvalue weighted by atomic mass is 19.1. The number of ketones is 1. The second kappa shape index (κ2) is 13.0. The van der Waals surface area contributed by atoms with Crippen molar-refractivity contribution in [2.45, 2.75) is 84.5 Å². The van der Waals surface area contributed by atoms with Gasteiger partial charge in [0.2, 0.25) is 0 Å². The van der Waals surface area contributed by atoms with E-state index in [-0.39, 0.29) is 35.8 Å². The average Bonchev–Trinajstić information content (AvgIpc) is 2.84. The lowest BCUT2D eigenvalue weighted by atomic mass is 9.88. The summed E-state index contributed by atoms with van der Waals surface area (Å²) < 4.78 is 31.8. The first-order valence-corrected chi connectivity index (χ1v) is 12.5. The van der Waals surface area contributed by atoms with Gasteiger partial charge in [0.05, 0.1) is 24.5 Å². The molecule has 2 heterocycles. The van der Waals surface area contributed by atoms with E-state index in [1.165, 1.54) is 12.3 Å². The standard InChI is InChI=1S/C28H38FNO4/c1-5-32-25-10-6-8-21(28(31)22-11-12-26(20(4)14-22)34-19(2)3)9-7-13-33-27(16-25)23-15-24(29)18-30-17-23/h11-12,14-15,17-19,21,25,27H,5-10,13,16H2,1-4H3. The molecular formula is C28H38FNO4. The summed E-state index contributed by atoms with van der Waals surface area (Å²) in [6, 6.07) is 7.21. The summed E-state index contributed by atoms with van der Waals surface area (Å²) in [7, 11) is 0. The fraction of sp³-hybridized carbons (Fsp3) is 0.571. The Hall–Kier alpha value is -2.31. The van der Waals surface area contributed by atoms with E-state index in [2.05, 4.69) is 4.98 Å². The number of nitrogens with zero attached hydrogens (tertiary/aromatic N) is 1. The molecule has 0 spiro atoms. The van der Waals surface area contributed by atoms with Crippen LogP contribution in [0.5, 0.6) is 5.75 Å². The number of benzene rings is 1. The van der Waals surface area contributed by atoms with Gasteiger partial charge in [-0.1, -0.05) is 6.42 Å². The Balaban J connectivity index is 1.72. The topological polar surface area (TPSA) is 57.7 Å². The molecule has 0 N–H and O–H groups in total. The molecule has 3 atom stereocenters. The molecule has 0 bridgehead atoms. The zero-order valence-electron chi connectivity index (χ0n) is 20.9. The van der Waals surface area contributed by atoms with Crippen molar-refractivity contribution >= 4 is 5.78 Å². The van der Waals surface area contributed by atoms with Gasteiger partial charge in [-0.3, -0.25) is 9.78 Å². The molecule has 0 aliphatic carbocycles. The number of carbonyl (C=O) groups is 1. The minimum atomic E-state index is -0.367. The van der Waals surface area contributed by atoms with E-state index >= 15 is 0 Å². The van der Waals surface area contributed by atoms with E-state index in [0.29, 0.717) is 19.6 Å². The molecule has 1 aliphatic heterocycles. The number of rotatable bonds is 7. The van der Waals surface area contributed by atoms with Gasteiger partial charge in [0.25, 0.3) is 0 Å². The number of halogens is 1. The van der Waals surface area contributed by atoms with Crippen LogP contribution in [0.3, 0.4) is 0 Å². The van der Waals surface area contributed by atoms with Gasteiger partial charge in [-0.2, -0.15) is 0 Å². The molecule has 0 amide bonds. The molecule has 1 saturated heterocycles. The van der Waals surface area contributed by atoms with Crippen LogP contribution in [0.1, 0.15) is 86.9 Å². The molecule has 0 saturated carbocycles. The summed E-state index contributed by atoms with van der Waals surface area (Å²) >= 11 is 0. The Bertz CT molecular complexity index is 932. The first-order chi connectivity index (χ1) is 16.4. The quantitative estimate of drug-likeness (QED) is 0.424. The third-order valence-electron chi connectivity index (χ3n) is 6.26. The molecule has 186 valence electrons. The smallest absolute Gasteiger partial charge is 0.165 e. The summed E-state index contributed by atoms with van der Waals surface area (Å²) in [5.41, 5.74) is 2.44. The first-order valence-electron chi connectivity index (χ1n) is 12.5. The second-order valence-electron chi connectivity index (χ2n) is 9.39. The zero-order valence-corrected chi connectivity index (χ0v) is 20.9. The van der Waals surface area contributed by atoms with Crippen LogP contribution in [0.15, 0.2) is 36.7 Å². The molecule has 1 fully saturated rings. The normalized spacial score (nSPS) is 22.2.